The van der Waals surface area contributed by atoms with Crippen LogP contribution in [0.25, 0.3) is 0 Å². The smallest absolute Gasteiger partial charge is 0.408 e. The largest absolute Gasteiger partial charge is 0.459 e. The Kier molecular flexibility index (Phi) is 9.84. The lowest BCUT2D eigenvalue weighted by Crippen LogP contribution is -2.54. The van der Waals surface area contributed by atoms with E-state index in [9.17, 15) is 14.4 Å². The Balaban J connectivity index is 1.77. The first-order valence-electron chi connectivity index (χ1n) is 12.3. The molecule has 0 radical (unpaired) electrons. The third-order valence-corrected chi connectivity index (χ3v) is 5.40. The van der Waals surface area contributed by atoms with Gasteiger partial charge in [-0.25, -0.2) is 9.59 Å². The number of alkyl carbamates (subject to hydrolysis) is 1. The highest BCUT2D eigenvalue weighted by atomic mass is 16.6. The van der Waals surface area contributed by atoms with Crippen molar-refractivity contribution in [2.75, 3.05) is 0 Å². The van der Waals surface area contributed by atoms with Crippen molar-refractivity contribution in [3.63, 3.8) is 0 Å². The third kappa shape index (κ3) is 9.80. The van der Waals surface area contributed by atoms with Gasteiger partial charge in [0, 0.05) is 12.8 Å². The van der Waals surface area contributed by atoms with Crippen molar-refractivity contribution in [1.29, 1.82) is 0 Å². The molecular weight excluding hydrogens is 468 g/mol. The Morgan fingerprint density at radius 1 is 0.676 bits per heavy atom. The first kappa shape index (κ1) is 27.5. The van der Waals surface area contributed by atoms with Gasteiger partial charge >= 0.3 is 12.1 Å². The van der Waals surface area contributed by atoms with E-state index in [0.29, 0.717) is 0 Å². The van der Waals surface area contributed by atoms with Crippen LogP contribution in [0.2, 0.25) is 0 Å². The molecule has 0 bridgehead atoms. The lowest BCUT2D eigenvalue weighted by Gasteiger charge is -2.25. The summed E-state index contributed by atoms with van der Waals surface area (Å²) >= 11 is 0. The number of nitrogens with one attached hydrogen (secondary N) is 2. The summed E-state index contributed by atoms with van der Waals surface area (Å²) in [6, 6.07) is 26.1. The minimum atomic E-state index is -0.961. The topological polar surface area (TPSA) is 93.7 Å². The predicted molar refractivity (Wildman–Crippen MR) is 142 cm³/mol. The Hall–Kier alpha value is -4.13. The first-order valence-corrected chi connectivity index (χ1v) is 12.3. The summed E-state index contributed by atoms with van der Waals surface area (Å²) < 4.78 is 10.9. The van der Waals surface area contributed by atoms with E-state index in [-0.39, 0.29) is 19.4 Å². The number of hydrogen-bond acceptors (Lipinski definition) is 5. The fourth-order valence-corrected chi connectivity index (χ4v) is 3.65. The maximum Gasteiger partial charge on any atom is 0.408 e. The molecule has 2 unspecified atom stereocenters. The lowest BCUT2D eigenvalue weighted by atomic mass is 10.0. The molecule has 0 saturated carbocycles. The third-order valence-electron chi connectivity index (χ3n) is 5.40. The van der Waals surface area contributed by atoms with Crippen LogP contribution in [0.15, 0.2) is 91.0 Å². The maximum atomic E-state index is 13.4. The van der Waals surface area contributed by atoms with E-state index in [1.807, 2.05) is 91.0 Å². The van der Waals surface area contributed by atoms with Gasteiger partial charge in [0.1, 0.15) is 24.3 Å². The molecule has 2 amide bonds. The predicted octanol–water partition coefficient (Wildman–Crippen LogP) is 4.59. The highest BCUT2D eigenvalue weighted by Gasteiger charge is 2.29. The van der Waals surface area contributed by atoms with Crippen LogP contribution >= 0.6 is 0 Å². The second-order valence-corrected chi connectivity index (χ2v) is 9.73. The van der Waals surface area contributed by atoms with Gasteiger partial charge in [0.05, 0.1) is 0 Å². The first-order chi connectivity index (χ1) is 17.7. The summed E-state index contributed by atoms with van der Waals surface area (Å²) in [6.07, 6.45) is -0.247. The highest BCUT2D eigenvalue weighted by Crippen LogP contribution is 2.11. The molecule has 0 heterocycles. The summed E-state index contributed by atoms with van der Waals surface area (Å²) in [7, 11) is 0. The fraction of sp³-hybridized carbons (Fsp3) is 0.300. The van der Waals surface area contributed by atoms with Crippen LogP contribution in [0.3, 0.4) is 0 Å². The van der Waals surface area contributed by atoms with Crippen LogP contribution in [0, 0.1) is 0 Å². The molecule has 0 aliphatic carbocycles. The molecule has 0 spiro atoms. The summed E-state index contributed by atoms with van der Waals surface area (Å²) in [5.74, 6) is -1.07. The minimum absolute atomic E-state index is 0.0877. The van der Waals surface area contributed by atoms with Crippen LogP contribution < -0.4 is 10.6 Å². The Bertz CT molecular complexity index is 1140. The quantitative estimate of drug-likeness (QED) is 0.396. The van der Waals surface area contributed by atoms with Crippen LogP contribution in [-0.2, 0) is 38.5 Å². The summed E-state index contributed by atoms with van der Waals surface area (Å²) in [4.78, 5) is 39.1. The molecule has 7 nitrogen and oxygen atoms in total. The average Bonchev–Trinajstić information content (AvgIpc) is 2.87. The Morgan fingerprint density at radius 3 is 1.62 bits per heavy atom. The van der Waals surface area contributed by atoms with E-state index >= 15 is 0 Å². The number of carbonyl (C=O) groups is 3. The van der Waals surface area contributed by atoms with Crippen LogP contribution in [0.5, 0.6) is 0 Å². The van der Waals surface area contributed by atoms with Gasteiger partial charge in [-0.1, -0.05) is 91.0 Å². The molecule has 3 aromatic carbocycles. The van der Waals surface area contributed by atoms with Gasteiger partial charge < -0.3 is 20.1 Å². The molecule has 0 aromatic heterocycles. The number of rotatable bonds is 10. The number of amides is 2. The van der Waals surface area contributed by atoms with E-state index in [4.69, 9.17) is 9.47 Å². The van der Waals surface area contributed by atoms with Crippen LogP contribution in [0.1, 0.15) is 37.5 Å². The van der Waals surface area contributed by atoms with Gasteiger partial charge in [0.15, 0.2) is 0 Å². The van der Waals surface area contributed by atoms with E-state index in [1.54, 1.807) is 20.8 Å². The Morgan fingerprint density at radius 2 is 1.14 bits per heavy atom. The number of esters is 1. The summed E-state index contributed by atoms with van der Waals surface area (Å²) in [5, 5.41) is 5.47. The zero-order valence-electron chi connectivity index (χ0n) is 21.5. The highest BCUT2D eigenvalue weighted by molar-refractivity contribution is 5.90. The van der Waals surface area contributed by atoms with Crippen molar-refractivity contribution in [1.82, 2.24) is 10.6 Å². The van der Waals surface area contributed by atoms with Crippen molar-refractivity contribution in [2.24, 2.45) is 0 Å². The molecule has 2 atom stereocenters. The summed E-state index contributed by atoms with van der Waals surface area (Å²) in [5.41, 5.74) is 1.83. The van der Waals surface area contributed by atoms with E-state index in [1.165, 1.54) is 0 Å². The maximum absolute atomic E-state index is 13.4. The summed E-state index contributed by atoms with van der Waals surface area (Å²) in [6.45, 7) is 5.33. The minimum Gasteiger partial charge on any atom is -0.459 e. The monoisotopic (exact) mass is 502 g/mol. The van der Waals surface area contributed by atoms with Crippen LogP contribution in [-0.4, -0.2) is 35.7 Å². The van der Waals surface area contributed by atoms with E-state index in [0.717, 1.165) is 16.7 Å². The average molecular weight is 503 g/mol. The van der Waals surface area contributed by atoms with Crippen LogP contribution in [0.4, 0.5) is 4.79 Å². The zero-order chi connectivity index (χ0) is 26.7. The van der Waals surface area contributed by atoms with Gasteiger partial charge in [-0.2, -0.15) is 0 Å². The van der Waals surface area contributed by atoms with Gasteiger partial charge in [0.25, 0.3) is 0 Å². The number of ether oxygens (including phenoxy) is 2. The van der Waals surface area contributed by atoms with Gasteiger partial charge in [-0.15, -0.1) is 0 Å². The molecule has 0 aliphatic heterocycles. The number of benzene rings is 3. The van der Waals surface area contributed by atoms with Gasteiger partial charge in [0.2, 0.25) is 5.91 Å². The molecule has 3 aromatic rings. The zero-order valence-corrected chi connectivity index (χ0v) is 21.5. The molecule has 0 fully saturated rings. The lowest BCUT2D eigenvalue weighted by molar-refractivity contribution is -0.149. The van der Waals surface area contributed by atoms with Crippen molar-refractivity contribution in [3.05, 3.63) is 108 Å². The standard InChI is InChI=1S/C30H34N2O5/c1-30(2,3)37-29(35)32-25(19-22-13-7-4-8-14-22)27(33)31-26(20-23-15-9-5-10-16-23)28(34)36-21-24-17-11-6-12-18-24/h4-18,25-26H,19-21H2,1-3H3,(H,31,33)(H,32,35). The molecule has 194 valence electrons. The number of hydrogen-bond donors (Lipinski definition) is 2. The molecular formula is C30H34N2O5. The molecule has 7 heteroatoms. The van der Waals surface area contributed by atoms with Gasteiger partial charge in [-0.3, -0.25) is 4.79 Å². The molecule has 3 rings (SSSR count). The fourth-order valence-electron chi connectivity index (χ4n) is 3.65. The molecule has 37 heavy (non-hydrogen) atoms. The van der Waals surface area contributed by atoms with Gasteiger partial charge in [-0.05, 0) is 37.5 Å². The number of carbonyl (C=O) groups excluding carboxylic acids is 3. The molecule has 0 saturated heterocycles. The molecule has 2 N–H and O–H groups in total. The van der Waals surface area contributed by atoms with E-state index in [2.05, 4.69) is 10.6 Å². The Labute approximate surface area is 218 Å². The second kappa shape index (κ2) is 13.3. The van der Waals surface area contributed by atoms with E-state index < -0.39 is 35.7 Å². The second-order valence-electron chi connectivity index (χ2n) is 9.73. The van der Waals surface area contributed by atoms with Crippen molar-refractivity contribution >= 4 is 18.0 Å². The normalized spacial score (nSPS) is 12.6. The SMILES string of the molecule is CC(C)(C)OC(=O)NC(Cc1ccccc1)C(=O)NC(Cc1ccccc1)C(=O)OCc1ccccc1. The van der Waals surface area contributed by atoms with Crippen molar-refractivity contribution in [3.8, 4) is 0 Å². The van der Waals surface area contributed by atoms with Crippen molar-refractivity contribution in [2.45, 2.75) is 57.9 Å². The molecule has 0 aliphatic rings. The van der Waals surface area contributed by atoms with Crippen molar-refractivity contribution < 1.29 is 23.9 Å².